The van der Waals surface area contributed by atoms with E-state index in [0.29, 0.717) is 26.4 Å². The molecule has 24 heavy (non-hydrogen) atoms. The number of thiazole rings is 1. The second-order valence-electron chi connectivity index (χ2n) is 4.85. The highest BCUT2D eigenvalue weighted by atomic mass is 35.5. The Morgan fingerprint density at radius 3 is 2.71 bits per heavy atom. The number of nitrogens with one attached hydrogen (secondary N) is 1. The Morgan fingerprint density at radius 2 is 2.00 bits per heavy atom. The molecule has 0 radical (unpaired) electrons. The lowest BCUT2D eigenvalue weighted by Crippen LogP contribution is -2.07. The number of ether oxygens (including phenoxy) is 1. The van der Waals surface area contributed by atoms with Crippen LogP contribution >= 0.6 is 34.5 Å². The molecule has 1 aromatic heterocycles. The predicted octanol–water partition coefficient (Wildman–Crippen LogP) is 5.26. The van der Waals surface area contributed by atoms with Gasteiger partial charge in [-0.1, -0.05) is 46.7 Å². The van der Waals surface area contributed by atoms with Crippen LogP contribution < -0.4 is 10.1 Å². The van der Waals surface area contributed by atoms with Crippen LogP contribution in [0, 0.1) is 0 Å². The molecule has 4 nitrogen and oxygen atoms in total. The lowest BCUT2D eigenvalue weighted by atomic mass is 10.2. The standard InChI is InChI=1S/C17H12Cl2N2O2S/c1-23-14-9-15-13(8-12(14)19)20-17(24-15)21-16(22)7-4-10-2-5-11(18)6-3-10/h2-9H,1H3,(H,20,21,22)/b7-4+. The number of amides is 1. The maximum atomic E-state index is 12.0. The number of rotatable bonds is 4. The van der Waals surface area contributed by atoms with Gasteiger partial charge in [0.1, 0.15) is 5.75 Å². The van der Waals surface area contributed by atoms with Crippen molar-refractivity contribution in [3.8, 4) is 5.75 Å². The quantitative estimate of drug-likeness (QED) is 0.629. The second kappa shape index (κ2) is 7.21. The van der Waals surface area contributed by atoms with Crippen molar-refractivity contribution < 1.29 is 9.53 Å². The number of halogens is 2. The van der Waals surface area contributed by atoms with Crippen molar-refractivity contribution in [1.29, 1.82) is 0 Å². The molecule has 0 spiro atoms. The van der Waals surface area contributed by atoms with E-state index in [1.165, 1.54) is 17.4 Å². The number of benzene rings is 2. The van der Waals surface area contributed by atoms with Gasteiger partial charge in [0, 0.05) is 17.2 Å². The van der Waals surface area contributed by atoms with Gasteiger partial charge in [0.15, 0.2) is 5.13 Å². The van der Waals surface area contributed by atoms with E-state index in [0.717, 1.165) is 10.3 Å². The molecular weight excluding hydrogens is 367 g/mol. The molecule has 2 aromatic carbocycles. The lowest BCUT2D eigenvalue weighted by Gasteiger charge is -2.00. The molecule has 0 unspecified atom stereocenters. The van der Waals surface area contributed by atoms with Crippen molar-refractivity contribution in [2.24, 2.45) is 0 Å². The van der Waals surface area contributed by atoms with E-state index in [1.807, 2.05) is 12.1 Å². The van der Waals surface area contributed by atoms with Crippen LogP contribution in [-0.2, 0) is 4.79 Å². The largest absolute Gasteiger partial charge is 0.495 e. The normalized spacial score (nSPS) is 11.1. The molecule has 3 rings (SSSR count). The van der Waals surface area contributed by atoms with Crippen LogP contribution in [0.25, 0.3) is 16.3 Å². The molecule has 1 heterocycles. The molecule has 122 valence electrons. The van der Waals surface area contributed by atoms with Crippen LogP contribution in [0.15, 0.2) is 42.5 Å². The Hall–Kier alpha value is -2.08. The zero-order chi connectivity index (χ0) is 17.1. The minimum absolute atomic E-state index is 0.262. The monoisotopic (exact) mass is 378 g/mol. The van der Waals surface area contributed by atoms with Gasteiger partial charge in [0.05, 0.1) is 22.3 Å². The van der Waals surface area contributed by atoms with Crippen LogP contribution in [0.5, 0.6) is 5.75 Å². The van der Waals surface area contributed by atoms with Gasteiger partial charge in [0.25, 0.3) is 0 Å². The van der Waals surface area contributed by atoms with Crippen molar-refractivity contribution in [1.82, 2.24) is 4.98 Å². The average molecular weight is 379 g/mol. The van der Waals surface area contributed by atoms with E-state index < -0.39 is 0 Å². The number of carbonyl (C=O) groups is 1. The molecule has 0 saturated carbocycles. The van der Waals surface area contributed by atoms with Gasteiger partial charge < -0.3 is 4.74 Å². The first-order valence-electron chi connectivity index (χ1n) is 6.94. The summed E-state index contributed by atoms with van der Waals surface area (Å²) in [5.41, 5.74) is 1.60. The molecule has 3 aromatic rings. The molecular formula is C17H12Cl2N2O2S. The van der Waals surface area contributed by atoms with Crippen molar-refractivity contribution in [3.05, 3.63) is 58.1 Å². The molecule has 0 aliphatic rings. The SMILES string of the molecule is COc1cc2sc(NC(=O)/C=C/c3ccc(Cl)cc3)nc2cc1Cl. The Kier molecular flexibility index (Phi) is 5.04. The third-order valence-electron chi connectivity index (χ3n) is 3.19. The first kappa shape index (κ1) is 16.8. The summed E-state index contributed by atoms with van der Waals surface area (Å²) in [5.74, 6) is 0.315. The summed E-state index contributed by atoms with van der Waals surface area (Å²) in [5, 5.41) is 4.38. The minimum atomic E-state index is -0.262. The van der Waals surface area contributed by atoms with Gasteiger partial charge in [-0.3, -0.25) is 10.1 Å². The summed E-state index contributed by atoms with van der Waals surface area (Å²) in [6.45, 7) is 0. The lowest BCUT2D eigenvalue weighted by molar-refractivity contribution is -0.111. The molecule has 0 fully saturated rings. The highest BCUT2D eigenvalue weighted by molar-refractivity contribution is 7.22. The fourth-order valence-electron chi connectivity index (χ4n) is 2.03. The van der Waals surface area contributed by atoms with E-state index in [1.54, 1.807) is 37.5 Å². The number of nitrogens with zero attached hydrogens (tertiary/aromatic N) is 1. The molecule has 0 aliphatic carbocycles. The summed E-state index contributed by atoms with van der Waals surface area (Å²) in [6, 6.07) is 10.7. The smallest absolute Gasteiger partial charge is 0.250 e. The first-order valence-corrected chi connectivity index (χ1v) is 8.51. The van der Waals surface area contributed by atoms with E-state index in [2.05, 4.69) is 10.3 Å². The number of anilines is 1. The van der Waals surface area contributed by atoms with Crippen LogP contribution in [0.1, 0.15) is 5.56 Å². The van der Waals surface area contributed by atoms with Gasteiger partial charge in [-0.2, -0.15) is 0 Å². The summed E-state index contributed by atoms with van der Waals surface area (Å²) in [4.78, 5) is 16.4. The van der Waals surface area contributed by atoms with Crippen LogP contribution in [-0.4, -0.2) is 18.0 Å². The number of fused-ring (bicyclic) bond motifs is 1. The van der Waals surface area contributed by atoms with Gasteiger partial charge in [0.2, 0.25) is 5.91 Å². The van der Waals surface area contributed by atoms with Gasteiger partial charge >= 0.3 is 0 Å². The molecule has 0 aliphatic heterocycles. The van der Waals surface area contributed by atoms with Crippen molar-refractivity contribution in [3.63, 3.8) is 0 Å². The Morgan fingerprint density at radius 1 is 1.25 bits per heavy atom. The van der Waals surface area contributed by atoms with Crippen LogP contribution in [0.2, 0.25) is 10.0 Å². The fourth-order valence-corrected chi connectivity index (χ4v) is 3.27. The average Bonchev–Trinajstić information content (AvgIpc) is 2.94. The van der Waals surface area contributed by atoms with Crippen molar-refractivity contribution in [2.75, 3.05) is 12.4 Å². The third kappa shape index (κ3) is 3.87. The van der Waals surface area contributed by atoms with Crippen molar-refractivity contribution >= 4 is 61.9 Å². The summed E-state index contributed by atoms with van der Waals surface area (Å²) >= 11 is 13.3. The maximum absolute atomic E-state index is 12.0. The Bertz CT molecular complexity index is 920. The Balaban J connectivity index is 1.74. The molecule has 7 heteroatoms. The number of hydrogen-bond donors (Lipinski definition) is 1. The topological polar surface area (TPSA) is 51.2 Å². The first-order chi connectivity index (χ1) is 11.5. The highest BCUT2D eigenvalue weighted by Crippen LogP contribution is 2.34. The zero-order valence-electron chi connectivity index (χ0n) is 12.5. The minimum Gasteiger partial charge on any atom is -0.495 e. The Labute approximate surface area is 152 Å². The van der Waals surface area contributed by atoms with Gasteiger partial charge in [-0.15, -0.1) is 0 Å². The summed E-state index contributed by atoms with van der Waals surface area (Å²) in [7, 11) is 1.55. The highest BCUT2D eigenvalue weighted by Gasteiger charge is 2.10. The second-order valence-corrected chi connectivity index (χ2v) is 6.72. The van der Waals surface area contributed by atoms with Crippen LogP contribution in [0.4, 0.5) is 5.13 Å². The maximum Gasteiger partial charge on any atom is 0.250 e. The number of hydrogen-bond acceptors (Lipinski definition) is 4. The fraction of sp³-hybridized carbons (Fsp3) is 0.0588. The summed E-state index contributed by atoms with van der Waals surface area (Å²) in [6.07, 6.45) is 3.15. The molecule has 1 amide bonds. The molecule has 0 bridgehead atoms. The van der Waals surface area contributed by atoms with Crippen LogP contribution in [0.3, 0.4) is 0 Å². The third-order valence-corrected chi connectivity index (χ3v) is 4.67. The van der Waals surface area contributed by atoms with E-state index in [9.17, 15) is 4.79 Å². The zero-order valence-corrected chi connectivity index (χ0v) is 14.9. The van der Waals surface area contributed by atoms with Crippen molar-refractivity contribution in [2.45, 2.75) is 0 Å². The van der Waals surface area contributed by atoms with E-state index in [4.69, 9.17) is 27.9 Å². The van der Waals surface area contributed by atoms with E-state index in [-0.39, 0.29) is 5.91 Å². The van der Waals surface area contributed by atoms with Gasteiger partial charge in [-0.05, 0) is 29.8 Å². The number of carbonyl (C=O) groups excluding carboxylic acids is 1. The molecule has 1 N–H and O–H groups in total. The van der Waals surface area contributed by atoms with Gasteiger partial charge in [-0.25, -0.2) is 4.98 Å². The number of aromatic nitrogens is 1. The molecule has 0 atom stereocenters. The number of methoxy groups -OCH3 is 1. The summed E-state index contributed by atoms with van der Waals surface area (Å²) < 4.78 is 6.06. The predicted molar refractivity (Wildman–Crippen MR) is 100 cm³/mol. The van der Waals surface area contributed by atoms with E-state index >= 15 is 0 Å². The molecule has 0 saturated heterocycles.